The molecule has 2 saturated carbocycles. The average Bonchev–Trinajstić information content (AvgIpc) is 3.80. The molecule has 0 radical (unpaired) electrons. The number of pyridine rings is 1. The van der Waals surface area contributed by atoms with E-state index in [0.717, 1.165) is 6.07 Å². The minimum absolute atomic E-state index is 0.00814. The van der Waals surface area contributed by atoms with E-state index >= 15 is 4.39 Å². The molecule has 0 bridgehead atoms. The molecule has 1 aromatic heterocycles. The van der Waals surface area contributed by atoms with Crippen LogP contribution in [0.1, 0.15) is 50.3 Å². The van der Waals surface area contributed by atoms with Crippen LogP contribution in [0.5, 0.6) is 0 Å². The van der Waals surface area contributed by atoms with E-state index in [1.165, 1.54) is 35.4 Å². The molecule has 3 aliphatic rings. The SMILES string of the molecule is C=NCC1(NC(=O)C2CC(S(=O)(=O)c3ccccc3F)CN2C(=O)C2(c3ncc(CC)cc3F)CC2)CC1. The molecule has 202 valence electrons. The van der Waals surface area contributed by atoms with Crippen molar-refractivity contribution < 1.29 is 26.8 Å². The maximum atomic E-state index is 15.1. The summed E-state index contributed by atoms with van der Waals surface area (Å²) in [5, 5.41) is 1.73. The Balaban J connectivity index is 1.48. The second-order valence-electron chi connectivity index (χ2n) is 10.6. The Morgan fingerprint density at radius 3 is 2.47 bits per heavy atom. The molecule has 5 rings (SSSR count). The smallest absolute Gasteiger partial charge is 0.243 e. The molecule has 2 aliphatic carbocycles. The van der Waals surface area contributed by atoms with Crippen LogP contribution in [-0.4, -0.2) is 66.8 Å². The van der Waals surface area contributed by atoms with E-state index in [1.807, 2.05) is 6.92 Å². The fraction of sp³-hybridized carbons (Fsp3) is 0.481. The van der Waals surface area contributed by atoms with E-state index in [0.29, 0.717) is 44.2 Å². The van der Waals surface area contributed by atoms with Gasteiger partial charge in [-0.15, -0.1) is 0 Å². The lowest BCUT2D eigenvalue weighted by molar-refractivity contribution is -0.140. The first kappa shape index (κ1) is 26.4. The summed E-state index contributed by atoms with van der Waals surface area (Å²) < 4.78 is 56.4. The van der Waals surface area contributed by atoms with Crippen molar-refractivity contribution in [2.75, 3.05) is 13.1 Å². The summed E-state index contributed by atoms with van der Waals surface area (Å²) in [4.78, 5) is 36.4. The van der Waals surface area contributed by atoms with Crippen molar-refractivity contribution in [3.63, 3.8) is 0 Å². The number of halogens is 2. The lowest BCUT2D eigenvalue weighted by Crippen LogP contribution is -2.52. The van der Waals surface area contributed by atoms with Gasteiger partial charge in [-0.2, -0.15) is 0 Å². The largest absolute Gasteiger partial charge is 0.347 e. The third kappa shape index (κ3) is 4.50. The van der Waals surface area contributed by atoms with Crippen molar-refractivity contribution in [1.29, 1.82) is 0 Å². The molecule has 2 atom stereocenters. The summed E-state index contributed by atoms with van der Waals surface area (Å²) in [5.41, 5.74) is -1.12. The molecule has 2 unspecified atom stereocenters. The van der Waals surface area contributed by atoms with Crippen molar-refractivity contribution >= 4 is 28.4 Å². The second kappa shape index (κ2) is 9.52. The molecule has 2 heterocycles. The number of carbonyl (C=O) groups is 2. The monoisotopic (exact) mass is 544 g/mol. The number of amides is 2. The molecule has 11 heteroatoms. The third-order valence-electron chi connectivity index (χ3n) is 7.98. The Labute approximate surface area is 220 Å². The summed E-state index contributed by atoms with van der Waals surface area (Å²) in [5.74, 6) is -2.53. The van der Waals surface area contributed by atoms with Gasteiger partial charge in [0.2, 0.25) is 11.8 Å². The summed E-state index contributed by atoms with van der Waals surface area (Å²) >= 11 is 0. The number of carbonyl (C=O) groups excluding carboxylic acids is 2. The maximum absolute atomic E-state index is 15.1. The quantitative estimate of drug-likeness (QED) is 0.489. The highest BCUT2D eigenvalue weighted by molar-refractivity contribution is 7.92. The predicted octanol–water partition coefficient (Wildman–Crippen LogP) is 2.75. The Hall–Kier alpha value is -3.21. The molecule has 0 spiro atoms. The van der Waals surface area contributed by atoms with Gasteiger partial charge in [-0.1, -0.05) is 19.1 Å². The fourth-order valence-corrected chi connectivity index (χ4v) is 7.12. The van der Waals surface area contributed by atoms with Gasteiger partial charge in [0, 0.05) is 12.7 Å². The van der Waals surface area contributed by atoms with E-state index in [-0.39, 0.29) is 18.7 Å². The van der Waals surface area contributed by atoms with Gasteiger partial charge in [0.05, 0.1) is 28.4 Å². The lowest BCUT2D eigenvalue weighted by atomic mass is 9.97. The molecule has 1 N–H and O–H groups in total. The Kier molecular flexibility index (Phi) is 6.61. The summed E-state index contributed by atoms with van der Waals surface area (Å²) in [6.07, 6.45) is 3.96. The van der Waals surface area contributed by atoms with Gasteiger partial charge < -0.3 is 10.2 Å². The molecule has 1 saturated heterocycles. The zero-order chi connectivity index (χ0) is 27.3. The van der Waals surface area contributed by atoms with Gasteiger partial charge in [-0.25, -0.2) is 17.2 Å². The normalized spacial score (nSPS) is 23.1. The number of sulfone groups is 1. The number of nitrogens with zero attached hydrogens (tertiary/aromatic N) is 3. The van der Waals surface area contributed by atoms with E-state index in [2.05, 4.69) is 22.0 Å². The number of rotatable bonds is 9. The first-order chi connectivity index (χ1) is 18.1. The summed E-state index contributed by atoms with van der Waals surface area (Å²) in [6.45, 7) is 5.35. The van der Waals surface area contributed by atoms with Crippen LogP contribution in [0.3, 0.4) is 0 Å². The summed E-state index contributed by atoms with van der Waals surface area (Å²) in [7, 11) is -4.21. The molecule has 38 heavy (non-hydrogen) atoms. The highest BCUT2D eigenvalue weighted by atomic mass is 32.2. The number of hydrogen-bond donors (Lipinski definition) is 1. The number of aliphatic imine (C=N–C) groups is 1. The molecule has 1 aliphatic heterocycles. The van der Waals surface area contributed by atoms with Crippen molar-refractivity contribution in [3.05, 3.63) is 59.4 Å². The highest BCUT2D eigenvalue weighted by Gasteiger charge is 2.59. The van der Waals surface area contributed by atoms with Gasteiger partial charge in [-0.3, -0.25) is 19.6 Å². The number of benzene rings is 1. The van der Waals surface area contributed by atoms with E-state index in [4.69, 9.17) is 0 Å². The number of likely N-dealkylation sites (tertiary alicyclic amines) is 1. The Morgan fingerprint density at radius 1 is 1.18 bits per heavy atom. The second-order valence-corrected chi connectivity index (χ2v) is 12.8. The Morgan fingerprint density at radius 2 is 1.89 bits per heavy atom. The predicted molar refractivity (Wildman–Crippen MR) is 137 cm³/mol. The van der Waals surface area contributed by atoms with Crippen molar-refractivity contribution in [2.24, 2.45) is 4.99 Å². The van der Waals surface area contributed by atoms with E-state index < -0.39 is 60.4 Å². The molecule has 2 aromatic rings. The van der Waals surface area contributed by atoms with Crippen LogP contribution in [0.15, 0.2) is 46.4 Å². The minimum Gasteiger partial charge on any atom is -0.347 e. The van der Waals surface area contributed by atoms with Crippen molar-refractivity contribution in [3.8, 4) is 0 Å². The van der Waals surface area contributed by atoms with Gasteiger partial charge in [0.1, 0.15) is 22.6 Å². The van der Waals surface area contributed by atoms with Crippen molar-refractivity contribution in [2.45, 2.75) is 72.6 Å². The maximum Gasteiger partial charge on any atom is 0.243 e. The zero-order valence-corrected chi connectivity index (χ0v) is 21.9. The molecule has 8 nitrogen and oxygen atoms in total. The van der Waals surface area contributed by atoms with Crippen LogP contribution < -0.4 is 5.32 Å². The minimum atomic E-state index is -4.21. The number of aromatic nitrogens is 1. The van der Waals surface area contributed by atoms with Gasteiger partial charge in [0.15, 0.2) is 9.84 Å². The van der Waals surface area contributed by atoms with Crippen molar-refractivity contribution in [1.82, 2.24) is 15.2 Å². The standard InChI is InChI=1S/C27H30F2N4O4S/c1-3-17-12-20(29)23(31-14-17)27(10-11-27)25(35)33-15-18(38(36,37)22-7-5-4-6-19(22)28)13-21(33)24(34)32-26(8-9-26)16-30-2/h4-7,12,14,18,21H,2-3,8-11,13,15-16H2,1H3,(H,32,34). The average molecular weight is 545 g/mol. The first-order valence-corrected chi connectivity index (χ1v) is 14.3. The lowest BCUT2D eigenvalue weighted by Gasteiger charge is -2.29. The number of aryl methyl sites for hydroxylation is 1. The zero-order valence-electron chi connectivity index (χ0n) is 21.1. The first-order valence-electron chi connectivity index (χ1n) is 12.8. The molecule has 1 aromatic carbocycles. The van der Waals surface area contributed by atoms with Crippen LogP contribution in [0.4, 0.5) is 8.78 Å². The van der Waals surface area contributed by atoms with Gasteiger partial charge in [0.25, 0.3) is 0 Å². The fourth-order valence-electron chi connectivity index (χ4n) is 5.36. The van der Waals surface area contributed by atoms with E-state index in [9.17, 15) is 22.4 Å². The molecule has 3 fully saturated rings. The number of nitrogens with one attached hydrogen (secondary N) is 1. The summed E-state index contributed by atoms with van der Waals surface area (Å²) in [6, 6.07) is 5.28. The van der Waals surface area contributed by atoms with Crippen LogP contribution >= 0.6 is 0 Å². The highest BCUT2D eigenvalue weighted by Crippen LogP contribution is 2.51. The third-order valence-corrected chi connectivity index (χ3v) is 10.1. The van der Waals surface area contributed by atoms with Crippen LogP contribution in [-0.2, 0) is 31.3 Å². The van der Waals surface area contributed by atoms with Gasteiger partial charge >= 0.3 is 0 Å². The number of hydrogen-bond acceptors (Lipinski definition) is 6. The topological polar surface area (TPSA) is 109 Å². The molecule has 2 amide bonds. The van der Waals surface area contributed by atoms with Crippen LogP contribution in [0.2, 0.25) is 0 Å². The van der Waals surface area contributed by atoms with E-state index in [1.54, 1.807) is 0 Å². The van der Waals surface area contributed by atoms with Crippen LogP contribution in [0.25, 0.3) is 0 Å². The molecular formula is C27H30F2N4O4S. The Bertz CT molecular complexity index is 1410. The molecular weight excluding hydrogens is 514 g/mol. The van der Waals surface area contributed by atoms with Crippen LogP contribution in [0, 0.1) is 11.6 Å². The van der Waals surface area contributed by atoms with Gasteiger partial charge in [-0.05, 0) is 69.0 Å².